The number of amides is 2. The normalized spacial score (nSPS) is 13.4. The average Bonchev–Trinajstić information content (AvgIpc) is 2.32. The molecule has 0 saturated heterocycles. The Balaban J connectivity index is 2.81. The molecule has 0 saturated carbocycles. The van der Waals surface area contributed by atoms with E-state index < -0.39 is 30.0 Å². The minimum absolute atomic E-state index is 0.170. The maximum atomic E-state index is 13.2. The van der Waals surface area contributed by atoms with Crippen molar-refractivity contribution in [3.05, 3.63) is 28.0 Å². The molecule has 0 bridgehead atoms. The number of hydrogen-bond acceptors (Lipinski definition) is 3. The molecule has 0 fully saturated rings. The number of hydrogen-bond donors (Lipinski definition) is 4. The molecule has 2 amide bonds. The van der Waals surface area contributed by atoms with Gasteiger partial charge in [0.15, 0.2) is 6.04 Å². The lowest BCUT2D eigenvalue weighted by atomic mass is 10.2. The molecule has 0 aromatic heterocycles. The van der Waals surface area contributed by atoms with Gasteiger partial charge in [-0.05, 0) is 47.5 Å². The van der Waals surface area contributed by atoms with Crippen LogP contribution in [0.5, 0.6) is 0 Å². The monoisotopic (exact) mass is 348 g/mol. The van der Waals surface area contributed by atoms with Crippen LogP contribution < -0.4 is 10.6 Å². The Morgan fingerprint density at radius 3 is 2.50 bits per heavy atom. The smallest absolute Gasteiger partial charge is 0.328 e. The number of carbonyl (C=O) groups is 2. The molecule has 4 N–H and O–H groups in total. The number of carbonyl (C=O) groups excluding carboxylic acids is 1. The zero-order valence-electron chi connectivity index (χ0n) is 10.8. The van der Waals surface area contributed by atoms with E-state index >= 15 is 0 Å². The van der Waals surface area contributed by atoms with Gasteiger partial charge in [0.25, 0.3) is 0 Å². The largest absolute Gasteiger partial charge is 0.480 e. The molecule has 2 atom stereocenters. The molecule has 0 aliphatic rings. The van der Waals surface area contributed by atoms with E-state index in [-0.39, 0.29) is 4.47 Å². The number of urea groups is 1. The fraction of sp³-hybridized carbons (Fsp3) is 0.333. The van der Waals surface area contributed by atoms with Crippen molar-refractivity contribution in [3.63, 3.8) is 0 Å². The quantitative estimate of drug-likeness (QED) is 0.667. The summed E-state index contributed by atoms with van der Waals surface area (Å²) in [4.78, 5) is 22.5. The molecule has 0 heterocycles. The summed E-state index contributed by atoms with van der Waals surface area (Å²) in [6, 6.07) is 0.352. The number of aliphatic hydroxyl groups excluding tert-OH is 1. The topological polar surface area (TPSA) is 98.7 Å². The van der Waals surface area contributed by atoms with Crippen molar-refractivity contribution in [2.24, 2.45) is 0 Å². The Bertz CT molecular complexity index is 536. The van der Waals surface area contributed by atoms with Gasteiger partial charge in [0.1, 0.15) is 5.82 Å². The van der Waals surface area contributed by atoms with Gasteiger partial charge in [-0.25, -0.2) is 14.0 Å². The molecule has 0 aliphatic heterocycles. The van der Waals surface area contributed by atoms with E-state index in [2.05, 4.69) is 26.6 Å². The highest BCUT2D eigenvalue weighted by Gasteiger charge is 2.25. The van der Waals surface area contributed by atoms with Crippen molar-refractivity contribution in [1.82, 2.24) is 5.32 Å². The average molecular weight is 349 g/mol. The number of halogens is 2. The maximum absolute atomic E-state index is 13.2. The molecule has 20 heavy (non-hydrogen) atoms. The van der Waals surface area contributed by atoms with Gasteiger partial charge < -0.3 is 20.8 Å². The Kier molecular flexibility index (Phi) is 5.46. The zero-order chi connectivity index (χ0) is 15.4. The summed E-state index contributed by atoms with van der Waals surface area (Å²) < 4.78 is 13.4. The summed E-state index contributed by atoms with van der Waals surface area (Å²) in [6.45, 7) is 2.84. The van der Waals surface area contributed by atoms with E-state index in [0.29, 0.717) is 11.3 Å². The Morgan fingerprint density at radius 1 is 1.40 bits per heavy atom. The highest BCUT2D eigenvalue weighted by atomic mass is 79.9. The minimum Gasteiger partial charge on any atom is -0.480 e. The summed E-state index contributed by atoms with van der Waals surface area (Å²) >= 11 is 2.99. The fourth-order valence-electron chi connectivity index (χ4n) is 1.47. The third-order valence-electron chi connectivity index (χ3n) is 2.55. The van der Waals surface area contributed by atoms with Crippen LogP contribution in [0.1, 0.15) is 12.5 Å². The van der Waals surface area contributed by atoms with Crippen LogP contribution in [0.4, 0.5) is 14.9 Å². The maximum Gasteiger partial charge on any atom is 0.328 e. The van der Waals surface area contributed by atoms with Gasteiger partial charge in [-0.1, -0.05) is 0 Å². The van der Waals surface area contributed by atoms with Crippen LogP contribution in [0.3, 0.4) is 0 Å². The molecule has 0 unspecified atom stereocenters. The molecule has 1 aromatic carbocycles. The Hall–Kier alpha value is -1.67. The second-order valence-corrected chi connectivity index (χ2v) is 5.09. The molecule has 8 heteroatoms. The molecule has 110 valence electrons. The molecule has 0 radical (unpaired) electrons. The van der Waals surface area contributed by atoms with E-state index in [0.717, 1.165) is 0 Å². The van der Waals surface area contributed by atoms with Crippen molar-refractivity contribution >= 4 is 33.6 Å². The van der Waals surface area contributed by atoms with Crippen LogP contribution in [0.25, 0.3) is 0 Å². The summed E-state index contributed by atoms with van der Waals surface area (Å²) in [5, 5.41) is 22.6. The van der Waals surface area contributed by atoms with E-state index in [4.69, 9.17) is 5.11 Å². The summed E-state index contributed by atoms with van der Waals surface area (Å²) in [7, 11) is 0. The van der Waals surface area contributed by atoms with Crippen molar-refractivity contribution in [3.8, 4) is 0 Å². The number of aryl methyl sites for hydroxylation is 1. The number of benzene rings is 1. The fourth-order valence-corrected chi connectivity index (χ4v) is 1.81. The SMILES string of the molecule is Cc1cc(F)c(Br)cc1NC(=O)N[C@H](C(=O)O)[C@@H](C)O. The lowest BCUT2D eigenvalue weighted by molar-refractivity contribution is -0.141. The third kappa shape index (κ3) is 4.17. The van der Waals surface area contributed by atoms with Crippen molar-refractivity contribution in [2.75, 3.05) is 5.32 Å². The van der Waals surface area contributed by atoms with E-state index in [1.165, 1.54) is 19.1 Å². The molecule has 0 spiro atoms. The number of aliphatic carboxylic acids is 1. The molecule has 1 aromatic rings. The first kappa shape index (κ1) is 16.4. The van der Waals surface area contributed by atoms with Gasteiger partial charge >= 0.3 is 12.0 Å². The third-order valence-corrected chi connectivity index (χ3v) is 3.16. The first-order valence-electron chi connectivity index (χ1n) is 5.66. The molecule has 0 aliphatic carbocycles. The van der Waals surface area contributed by atoms with E-state index in [9.17, 15) is 19.1 Å². The minimum atomic E-state index is -1.43. The molecular weight excluding hydrogens is 335 g/mol. The second kappa shape index (κ2) is 6.67. The number of aliphatic hydroxyl groups is 1. The number of carboxylic acid groups (broad SMARTS) is 1. The standard InChI is InChI=1S/C12H14BrFN2O4/c1-5-3-8(14)7(13)4-9(5)15-12(20)16-10(6(2)17)11(18)19/h3-4,6,10,17H,1-2H3,(H,18,19)(H2,15,16,20)/t6-,10+/m1/s1. The van der Waals surface area contributed by atoms with Gasteiger partial charge in [-0.3, -0.25) is 0 Å². The van der Waals surface area contributed by atoms with Gasteiger partial charge in [0.05, 0.1) is 10.6 Å². The number of nitrogens with one attached hydrogen (secondary N) is 2. The number of anilines is 1. The predicted octanol–water partition coefficient (Wildman–Crippen LogP) is 1.85. The molecular formula is C12H14BrFN2O4. The highest BCUT2D eigenvalue weighted by molar-refractivity contribution is 9.10. The zero-order valence-corrected chi connectivity index (χ0v) is 12.4. The summed E-state index contributed by atoms with van der Waals surface area (Å²) in [5.74, 6) is -1.83. The second-order valence-electron chi connectivity index (χ2n) is 4.24. The predicted molar refractivity (Wildman–Crippen MR) is 74.1 cm³/mol. The van der Waals surface area contributed by atoms with Gasteiger partial charge in [-0.15, -0.1) is 0 Å². The molecule has 6 nitrogen and oxygen atoms in total. The molecule has 1 rings (SSSR count). The van der Waals surface area contributed by atoms with E-state index in [1.54, 1.807) is 6.92 Å². The van der Waals surface area contributed by atoms with Crippen LogP contribution >= 0.6 is 15.9 Å². The van der Waals surface area contributed by atoms with Crippen LogP contribution in [0.15, 0.2) is 16.6 Å². The summed E-state index contributed by atoms with van der Waals surface area (Å²) in [6.07, 6.45) is -1.25. The first-order valence-corrected chi connectivity index (χ1v) is 6.45. The van der Waals surface area contributed by atoms with Crippen LogP contribution in [0.2, 0.25) is 0 Å². The van der Waals surface area contributed by atoms with Crippen molar-refractivity contribution < 1.29 is 24.2 Å². The first-order chi connectivity index (χ1) is 9.22. The van der Waals surface area contributed by atoms with Crippen LogP contribution in [-0.2, 0) is 4.79 Å². The van der Waals surface area contributed by atoms with Crippen LogP contribution in [0, 0.1) is 12.7 Å². The Morgan fingerprint density at radius 2 is 2.00 bits per heavy atom. The van der Waals surface area contributed by atoms with Gasteiger partial charge in [0.2, 0.25) is 0 Å². The Labute approximate surface area is 123 Å². The number of carboxylic acids is 1. The van der Waals surface area contributed by atoms with Crippen molar-refractivity contribution in [1.29, 1.82) is 0 Å². The highest BCUT2D eigenvalue weighted by Crippen LogP contribution is 2.24. The van der Waals surface area contributed by atoms with E-state index in [1.807, 2.05) is 0 Å². The van der Waals surface area contributed by atoms with Gasteiger partial charge in [-0.2, -0.15) is 0 Å². The van der Waals surface area contributed by atoms with Gasteiger partial charge in [0, 0.05) is 5.69 Å². The van der Waals surface area contributed by atoms with Crippen molar-refractivity contribution in [2.45, 2.75) is 26.0 Å². The summed E-state index contributed by atoms with van der Waals surface area (Å²) in [5.41, 5.74) is 0.801. The lowest BCUT2D eigenvalue weighted by Crippen LogP contribution is -2.49. The lowest BCUT2D eigenvalue weighted by Gasteiger charge is -2.18. The number of rotatable bonds is 4. The van der Waals surface area contributed by atoms with Crippen LogP contribution in [-0.4, -0.2) is 34.4 Å².